The van der Waals surface area contributed by atoms with E-state index in [1.807, 2.05) is 13.8 Å². The molecule has 0 radical (unpaired) electrons. The molecule has 4 nitrogen and oxygen atoms in total. The van der Waals surface area contributed by atoms with Crippen LogP contribution < -0.4 is 5.32 Å². The molecule has 0 saturated carbocycles. The summed E-state index contributed by atoms with van der Waals surface area (Å²) in [7, 11) is 0. The van der Waals surface area contributed by atoms with Gasteiger partial charge in [-0.25, -0.2) is 4.79 Å². The molecule has 17 heavy (non-hydrogen) atoms. The molecule has 0 aromatic heterocycles. The summed E-state index contributed by atoms with van der Waals surface area (Å²) in [5, 5.41) is 12.1. The number of halogens is 1. The van der Waals surface area contributed by atoms with Gasteiger partial charge in [-0.05, 0) is 32.0 Å². The minimum atomic E-state index is -0.941. The fourth-order valence-electron chi connectivity index (χ4n) is 1.45. The predicted molar refractivity (Wildman–Crippen MR) is 70.7 cm³/mol. The van der Waals surface area contributed by atoms with E-state index in [-0.39, 0.29) is 11.7 Å². The smallest absolute Gasteiger partial charge is 0.337 e. The average Bonchev–Trinajstić information content (AvgIpc) is 2.26. The van der Waals surface area contributed by atoms with Crippen LogP contribution >= 0.6 is 15.9 Å². The minimum absolute atomic E-state index is 0.0422. The Morgan fingerprint density at radius 1 is 1.59 bits per heavy atom. The Labute approximate surface area is 109 Å². The van der Waals surface area contributed by atoms with E-state index in [0.717, 1.165) is 4.47 Å². The summed E-state index contributed by atoms with van der Waals surface area (Å²) in [5.41, 5.74) is 0.857. The Balaban J connectivity index is 2.75. The largest absolute Gasteiger partial charge is 0.478 e. The zero-order chi connectivity index (χ0) is 12.8. The second kappa shape index (κ2) is 6.61. The van der Waals surface area contributed by atoms with Crippen molar-refractivity contribution in [3.8, 4) is 0 Å². The Morgan fingerprint density at radius 2 is 2.29 bits per heavy atom. The molecular weight excluding hydrogens is 286 g/mol. The van der Waals surface area contributed by atoms with Crippen molar-refractivity contribution in [1.82, 2.24) is 0 Å². The minimum Gasteiger partial charge on any atom is -0.478 e. The van der Waals surface area contributed by atoms with Crippen LogP contribution in [-0.2, 0) is 4.74 Å². The van der Waals surface area contributed by atoms with Gasteiger partial charge in [0.15, 0.2) is 0 Å². The van der Waals surface area contributed by atoms with Crippen LogP contribution in [0.25, 0.3) is 0 Å². The first-order valence-corrected chi connectivity index (χ1v) is 6.22. The van der Waals surface area contributed by atoms with Crippen molar-refractivity contribution in [3.63, 3.8) is 0 Å². The molecule has 5 heteroatoms. The molecule has 1 unspecified atom stereocenters. The molecule has 1 aromatic rings. The van der Waals surface area contributed by atoms with Crippen LogP contribution in [0, 0.1) is 0 Å². The quantitative estimate of drug-likeness (QED) is 0.848. The molecule has 0 spiro atoms. The standard InChI is InChI=1S/C12H16BrNO3/c1-3-17-8(2)7-14-11-6-9(13)4-5-10(11)12(15)16/h4-6,8,14H,3,7H2,1-2H3,(H,15,16). The number of anilines is 1. The maximum Gasteiger partial charge on any atom is 0.337 e. The zero-order valence-corrected chi connectivity index (χ0v) is 11.5. The summed E-state index contributed by atoms with van der Waals surface area (Å²) in [5.74, 6) is -0.941. The van der Waals surface area contributed by atoms with Gasteiger partial charge in [0.2, 0.25) is 0 Å². The fourth-order valence-corrected chi connectivity index (χ4v) is 1.81. The average molecular weight is 302 g/mol. The van der Waals surface area contributed by atoms with Crippen LogP contribution in [0.4, 0.5) is 5.69 Å². The summed E-state index contributed by atoms with van der Waals surface area (Å²) in [6, 6.07) is 5.03. The van der Waals surface area contributed by atoms with Crippen LogP contribution in [0.15, 0.2) is 22.7 Å². The van der Waals surface area contributed by atoms with Crippen molar-refractivity contribution in [1.29, 1.82) is 0 Å². The van der Waals surface area contributed by atoms with Crippen LogP contribution in [0.1, 0.15) is 24.2 Å². The molecule has 0 fully saturated rings. The second-order valence-electron chi connectivity index (χ2n) is 3.64. The summed E-state index contributed by atoms with van der Waals surface area (Å²) in [4.78, 5) is 11.0. The predicted octanol–water partition coefficient (Wildman–Crippen LogP) is 2.98. The molecule has 0 aliphatic carbocycles. The monoisotopic (exact) mass is 301 g/mol. The molecular formula is C12H16BrNO3. The van der Waals surface area contributed by atoms with Gasteiger partial charge in [-0.15, -0.1) is 0 Å². The Morgan fingerprint density at radius 3 is 2.88 bits per heavy atom. The van der Waals surface area contributed by atoms with Gasteiger partial charge in [-0.1, -0.05) is 15.9 Å². The van der Waals surface area contributed by atoms with Crippen molar-refractivity contribution in [3.05, 3.63) is 28.2 Å². The van der Waals surface area contributed by atoms with Gasteiger partial charge < -0.3 is 15.2 Å². The summed E-state index contributed by atoms with van der Waals surface area (Å²) < 4.78 is 6.21. The molecule has 0 amide bonds. The normalized spacial score (nSPS) is 12.2. The lowest BCUT2D eigenvalue weighted by Gasteiger charge is -2.15. The van der Waals surface area contributed by atoms with Crippen LogP contribution in [0.2, 0.25) is 0 Å². The Bertz CT molecular complexity index is 395. The van der Waals surface area contributed by atoms with Gasteiger partial charge in [0, 0.05) is 23.3 Å². The number of carbonyl (C=O) groups is 1. The first-order valence-electron chi connectivity index (χ1n) is 5.43. The third kappa shape index (κ3) is 4.36. The highest BCUT2D eigenvalue weighted by Gasteiger charge is 2.11. The lowest BCUT2D eigenvalue weighted by atomic mass is 10.2. The van der Waals surface area contributed by atoms with E-state index < -0.39 is 5.97 Å². The summed E-state index contributed by atoms with van der Waals surface area (Å²) in [6.07, 6.45) is 0.0422. The molecule has 0 aliphatic heterocycles. The maximum absolute atomic E-state index is 11.0. The molecule has 94 valence electrons. The van der Waals surface area contributed by atoms with Crippen molar-refractivity contribution in [2.45, 2.75) is 20.0 Å². The molecule has 0 heterocycles. The number of hydrogen-bond donors (Lipinski definition) is 2. The number of rotatable bonds is 6. The van der Waals surface area contributed by atoms with E-state index in [1.54, 1.807) is 18.2 Å². The van der Waals surface area contributed by atoms with Crippen molar-refractivity contribution >= 4 is 27.6 Å². The van der Waals surface area contributed by atoms with Gasteiger partial charge in [0.25, 0.3) is 0 Å². The van der Waals surface area contributed by atoms with Gasteiger partial charge in [0.1, 0.15) is 0 Å². The number of aromatic carboxylic acids is 1. The molecule has 0 aliphatic rings. The third-order valence-electron chi connectivity index (χ3n) is 2.24. The highest BCUT2D eigenvalue weighted by molar-refractivity contribution is 9.10. The van der Waals surface area contributed by atoms with Gasteiger partial charge in [-0.2, -0.15) is 0 Å². The van der Waals surface area contributed by atoms with Gasteiger partial charge in [-0.3, -0.25) is 0 Å². The fraction of sp³-hybridized carbons (Fsp3) is 0.417. The summed E-state index contributed by atoms with van der Waals surface area (Å²) >= 11 is 3.32. The number of nitrogens with one attached hydrogen (secondary N) is 1. The molecule has 1 aromatic carbocycles. The van der Waals surface area contributed by atoms with E-state index in [1.165, 1.54) is 0 Å². The maximum atomic E-state index is 11.0. The zero-order valence-electron chi connectivity index (χ0n) is 9.87. The first kappa shape index (κ1) is 14.0. The number of carboxylic acids is 1. The first-order chi connectivity index (χ1) is 8.04. The van der Waals surface area contributed by atoms with E-state index in [0.29, 0.717) is 18.8 Å². The van der Waals surface area contributed by atoms with E-state index in [4.69, 9.17) is 9.84 Å². The van der Waals surface area contributed by atoms with Crippen molar-refractivity contribution in [2.75, 3.05) is 18.5 Å². The molecule has 0 saturated heterocycles. The second-order valence-corrected chi connectivity index (χ2v) is 4.56. The number of benzene rings is 1. The van der Waals surface area contributed by atoms with E-state index in [9.17, 15) is 4.79 Å². The van der Waals surface area contributed by atoms with Gasteiger partial charge in [0.05, 0.1) is 11.7 Å². The van der Waals surface area contributed by atoms with Crippen molar-refractivity contribution in [2.24, 2.45) is 0 Å². The van der Waals surface area contributed by atoms with E-state index >= 15 is 0 Å². The van der Waals surface area contributed by atoms with Crippen LogP contribution in [0.3, 0.4) is 0 Å². The van der Waals surface area contributed by atoms with Crippen molar-refractivity contribution < 1.29 is 14.6 Å². The molecule has 1 atom stereocenters. The Kier molecular flexibility index (Phi) is 5.44. The lowest BCUT2D eigenvalue weighted by molar-refractivity contribution is 0.0696. The topological polar surface area (TPSA) is 58.6 Å². The molecule has 0 bridgehead atoms. The molecule has 2 N–H and O–H groups in total. The highest BCUT2D eigenvalue weighted by atomic mass is 79.9. The lowest BCUT2D eigenvalue weighted by Crippen LogP contribution is -2.20. The highest BCUT2D eigenvalue weighted by Crippen LogP contribution is 2.21. The number of hydrogen-bond acceptors (Lipinski definition) is 3. The number of ether oxygens (including phenoxy) is 1. The SMILES string of the molecule is CCOC(C)CNc1cc(Br)ccc1C(=O)O. The molecule has 1 rings (SSSR count). The number of carboxylic acid groups (broad SMARTS) is 1. The Hall–Kier alpha value is -1.07. The van der Waals surface area contributed by atoms with Crippen LogP contribution in [0.5, 0.6) is 0 Å². The van der Waals surface area contributed by atoms with Gasteiger partial charge >= 0.3 is 5.97 Å². The van der Waals surface area contributed by atoms with Crippen LogP contribution in [-0.4, -0.2) is 30.3 Å². The summed E-state index contributed by atoms with van der Waals surface area (Å²) in [6.45, 7) is 5.09. The van der Waals surface area contributed by atoms with E-state index in [2.05, 4.69) is 21.2 Å². The third-order valence-corrected chi connectivity index (χ3v) is 2.74.